The average molecular weight is 330 g/mol. The van der Waals surface area contributed by atoms with Crippen molar-refractivity contribution in [3.05, 3.63) is 35.9 Å². The fourth-order valence-electron chi connectivity index (χ4n) is 3.61. The topological polar surface area (TPSA) is 49.9 Å². The number of ether oxygens (including phenoxy) is 1. The summed E-state index contributed by atoms with van der Waals surface area (Å²) in [4.78, 5) is 28.6. The summed E-state index contributed by atoms with van der Waals surface area (Å²) < 4.78 is 5.37. The van der Waals surface area contributed by atoms with Crippen LogP contribution >= 0.6 is 0 Å². The fraction of sp³-hybridized carbons (Fsp3) is 0.579. The fourth-order valence-corrected chi connectivity index (χ4v) is 3.61. The minimum absolute atomic E-state index is 0.0731. The zero-order valence-electron chi connectivity index (χ0n) is 14.7. The van der Waals surface area contributed by atoms with Crippen LogP contribution in [0.5, 0.6) is 0 Å². The Balaban J connectivity index is 1.63. The van der Waals surface area contributed by atoms with Crippen molar-refractivity contribution in [1.29, 1.82) is 0 Å². The first kappa shape index (κ1) is 17.0. The summed E-state index contributed by atoms with van der Waals surface area (Å²) in [5.74, 6) is 0.186. The van der Waals surface area contributed by atoms with Crippen molar-refractivity contribution in [1.82, 2.24) is 9.80 Å². The molecule has 2 aliphatic rings. The van der Waals surface area contributed by atoms with E-state index in [9.17, 15) is 9.59 Å². The zero-order chi connectivity index (χ0) is 17.3. The Morgan fingerprint density at radius 2 is 1.92 bits per heavy atom. The molecule has 0 saturated carbocycles. The van der Waals surface area contributed by atoms with E-state index < -0.39 is 11.7 Å². The van der Waals surface area contributed by atoms with Gasteiger partial charge in [-0.25, -0.2) is 9.69 Å². The van der Waals surface area contributed by atoms with E-state index in [0.717, 1.165) is 26.1 Å². The van der Waals surface area contributed by atoms with Crippen LogP contribution in [-0.2, 0) is 16.1 Å². The Kier molecular flexibility index (Phi) is 4.63. The van der Waals surface area contributed by atoms with Gasteiger partial charge in [-0.05, 0) is 38.7 Å². The van der Waals surface area contributed by atoms with Gasteiger partial charge in [0.25, 0.3) is 0 Å². The maximum absolute atomic E-state index is 12.7. The smallest absolute Gasteiger partial charge is 0.417 e. The van der Waals surface area contributed by atoms with E-state index in [1.165, 1.54) is 10.5 Å². The summed E-state index contributed by atoms with van der Waals surface area (Å²) in [7, 11) is 0. The van der Waals surface area contributed by atoms with Crippen LogP contribution in [0, 0.1) is 11.8 Å². The molecule has 24 heavy (non-hydrogen) atoms. The molecule has 2 fully saturated rings. The van der Waals surface area contributed by atoms with Gasteiger partial charge in [-0.1, -0.05) is 30.3 Å². The lowest BCUT2D eigenvalue weighted by Crippen LogP contribution is -2.49. The number of amides is 2. The molecule has 0 unspecified atom stereocenters. The van der Waals surface area contributed by atoms with Crippen molar-refractivity contribution >= 4 is 12.0 Å². The Morgan fingerprint density at radius 3 is 2.58 bits per heavy atom. The van der Waals surface area contributed by atoms with Gasteiger partial charge in [-0.2, -0.15) is 0 Å². The maximum Gasteiger partial charge on any atom is 0.417 e. The van der Waals surface area contributed by atoms with Crippen molar-refractivity contribution < 1.29 is 14.3 Å². The second kappa shape index (κ2) is 6.55. The molecule has 5 heteroatoms. The van der Waals surface area contributed by atoms with Crippen LogP contribution < -0.4 is 0 Å². The third-order valence-corrected chi connectivity index (χ3v) is 4.69. The Labute approximate surface area is 143 Å². The van der Waals surface area contributed by atoms with Crippen molar-refractivity contribution in [2.75, 3.05) is 19.6 Å². The zero-order valence-corrected chi connectivity index (χ0v) is 14.7. The predicted octanol–water partition coefficient (Wildman–Crippen LogP) is 2.90. The molecule has 2 amide bonds. The monoisotopic (exact) mass is 330 g/mol. The van der Waals surface area contributed by atoms with Gasteiger partial charge < -0.3 is 4.74 Å². The number of fused-ring (bicyclic) bond motifs is 1. The van der Waals surface area contributed by atoms with Gasteiger partial charge in [0, 0.05) is 26.2 Å². The van der Waals surface area contributed by atoms with Crippen LogP contribution in [0.1, 0.15) is 32.8 Å². The maximum atomic E-state index is 12.7. The predicted molar refractivity (Wildman–Crippen MR) is 91.3 cm³/mol. The highest BCUT2D eigenvalue weighted by atomic mass is 16.6. The lowest BCUT2D eigenvalue weighted by atomic mass is 9.88. The molecular weight excluding hydrogens is 304 g/mol. The van der Waals surface area contributed by atoms with E-state index in [4.69, 9.17) is 4.74 Å². The lowest BCUT2D eigenvalue weighted by Gasteiger charge is -2.33. The van der Waals surface area contributed by atoms with E-state index in [2.05, 4.69) is 17.0 Å². The van der Waals surface area contributed by atoms with Crippen molar-refractivity contribution in [2.45, 2.75) is 39.3 Å². The molecule has 0 bridgehead atoms. The van der Waals surface area contributed by atoms with Gasteiger partial charge in [-0.15, -0.1) is 0 Å². The molecule has 2 saturated heterocycles. The standard InChI is InChI=1S/C19H26N2O3/c1-19(2,3)24-18(23)21-10-9-15-12-20(13-16(15)17(21)22)11-14-7-5-4-6-8-14/h4-8,15-16H,9-13H2,1-3H3/t15-,16+/m0/s1. The molecule has 0 N–H and O–H groups in total. The summed E-state index contributed by atoms with van der Waals surface area (Å²) in [5.41, 5.74) is 0.677. The third-order valence-electron chi connectivity index (χ3n) is 4.69. The van der Waals surface area contributed by atoms with E-state index >= 15 is 0 Å². The number of carbonyl (C=O) groups excluding carboxylic acids is 2. The van der Waals surface area contributed by atoms with Crippen molar-refractivity contribution in [2.24, 2.45) is 11.8 Å². The van der Waals surface area contributed by atoms with Crippen LogP contribution in [-0.4, -0.2) is 47.0 Å². The van der Waals surface area contributed by atoms with Crippen LogP contribution in [0.3, 0.4) is 0 Å². The third kappa shape index (κ3) is 3.78. The van der Waals surface area contributed by atoms with Gasteiger partial charge in [-0.3, -0.25) is 9.69 Å². The highest BCUT2D eigenvalue weighted by Crippen LogP contribution is 2.33. The Bertz CT molecular complexity index is 609. The molecule has 2 aliphatic heterocycles. The lowest BCUT2D eigenvalue weighted by molar-refractivity contribution is -0.138. The summed E-state index contributed by atoms with van der Waals surface area (Å²) in [5, 5.41) is 0. The molecule has 3 rings (SSSR count). The SMILES string of the molecule is CC(C)(C)OC(=O)N1CC[C@H]2CN(Cc3ccccc3)C[C@H]2C1=O. The molecule has 2 heterocycles. The molecule has 130 valence electrons. The number of imide groups is 1. The number of nitrogens with zero attached hydrogens (tertiary/aromatic N) is 2. The van der Waals surface area contributed by atoms with Crippen molar-refractivity contribution in [3.8, 4) is 0 Å². The van der Waals surface area contributed by atoms with Gasteiger partial charge in [0.1, 0.15) is 5.60 Å². The number of hydrogen-bond donors (Lipinski definition) is 0. The first-order valence-corrected chi connectivity index (χ1v) is 8.64. The van der Waals surface area contributed by atoms with Crippen LogP contribution in [0.15, 0.2) is 30.3 Å². The van der Waals surface area contributed by atoms with Crippen LogP contribution in [0.4, 0.5) is 4.79 Å². The van der Waals surface area contributed by atoms with Gasteiger partial charge >= 0.3 is 6.09 Å². The summed E-state index contributed by atoms with van der Waals surface area (Å²) in [6.45, 7) is 8.42. The second-order valence-electron chi connectivity index (χ2n) is 7.81. The molecule has 5 nitrogen and oxygen atoms in total. The summed E-state index contributed by atoms with van der Waals surface area (Å²) in [6.07, 6.45) is 0.355. The van der Waals surface area contributed by atoms with E-state index in [0.29, 0.717) is 12.5 Å². The Morgan fingerprint density at radius 1 is 1.21 bits per heavy atom. The molecule has 2 atom stereocenters. The van der Waals surface area contributed by atoms with Crippen LogP contribution in [0.25, 0.3) is 0 Å². The molecule has 0 aliphatic carbocycles. The minimum atomic E-state index is -0.580. The quantitative estimate of drug-likeness (QED) is 0.837. The minimum Gasteiger partial charge on any atom is -0.443 e. The molecule has 0 radical (unpaired) electrons. The van der Waals surface area contributed by atoms with Crippen LogP contribution in [0.2, 0.25) is 0 Å². The second-order valence-corrected chi connectivity index (χ2v) is 7.81. The number of rotatable bonds is 2. The van der Waals surface area contributed by atoms with E-state index in [1.807, 2.05) is 39.0 Å². The molecule has 1 aromatic rings. The summed E-state index contributed by atoms with van der Waals surface area (Å²) in [6, 6.07) is 10.3. The number of piperidine rings is 1. The largest absolute Gasteiger partial charge is 0.443 e. The normalized spacial score (nSPS) is 24.8. The van der Waals surface area contributed by atoms with Gasteiger partial charge in [0.2, 0.25) is 5.91 Å². The molecule has 0 spiro atoms. The molecular formula is C19H26N2O3. The van der Waals surface area contributed by atoms with Crippen molar-refractivity contribution in [3.63, 3.8) is 0 Å². The summed E-state index contributed by atoms with van der Waals surface area (Å²) >= 11 is 0. The molecule has 0 aromatic heterocycles. The first-order chi connectivity index (χ1) is 11.3. The number of hydrogen-bond acceptors (Lipinski definition) is 4. The highest BCUT2D eigenvalue weighted by molar-refractivity contribution is 5.94. The number of carbonyl (C=O) groups is 2. The van der Waals surface area contributed by atoms with Gasteiger partial charge in [0.15, 0.2) is 0 Å². The average Bonchev–Trinajstić information content (AvgIpc) is 2.90. The molecule has 1 aromatic carbocycles. The van der Waals surface area contributed by atoms with E-state index in [1.54, 1.807) is 0 Å². The van der Waals surface area contributed by atoms with E-state index in [-0.39, 0.29) is 11.8 Å². The Hall–Kier alpha value is -1.88. The highest BCUT2D eigenvalue weighted by Gasteiger charge is 2.45. The number of benzene rings is 1. The number of likely N-dealkylation sites (tertiary alicyclic amines) is 2. The first-order valence-electron chi connectivity index (χ1n) is 8.64. The van der Waals surface area contributed by atoms with Gasteiger partial charge in [0.05, 0.1) is 5.92 Å².